The summed E-state index contributed by atoms with van der Waals surface area (Å²) in [6.07, 6.45) is 1.84. The molecule has 0 saturated carbocycles. The van der Waals surface area contributed by atoms with Crippen LogP contribution in [0.15, 0.2) is 42.6 Å². The Hall–Kier alpha value is -2.56. The van der Waals surface area contributed by atoms with Crippen LogP contribution in [-0.2, 0) is 27.2 Å². The molecule has 122 valence electrons. The van der Waals surface area contributed by atoms with E-state index >= 15 is 0 Å². The summed E-state index contributed by atoms with van der Waals surface area (Å²) >= 11 is 0. The van der Waals surface area contributed by atoms with E-state index in [9.17, 15) is 9.59 Å². The van der Waals surface area contributed by atoms with Gasteiger partial charge in [0.15, 0.2) is 0 Å². The molecule has 0 unspecified atom stereocenters. The Balaban J connectivity index is 2.29. The van der Waals surface area contributed by atoms with Crippen LogP contribution in [0.3, 0.4) is 0 Å². The highest BCUT2D eigenvalue weighted by molar-refractivity contribution is 5.92. The zero-order chi connectivity index (χ0) is 16.7. The lowest BCUT2D eigenvalue weighted by atomic mass is 10.1. The molecular formula is C18H21NO4. The van der Waals surface area contributed by atoms with Gasteiger partial charge in [0.2, 0.25) is 0 Å². The molecule has 5 heteroatoms. The Morgan fingerprint density at radius 3 is 2.35 bits per heavy atom. The van der Waals surface area contributed by atoms with Crippen molar-refractivity contribution in [3.8, 4) is 0 Å². The van der Waals surface area contributed by atoms with Crippen molar-refractivity contribution in [3.63, 3.8) is 0 Å². The van der Waals surface area contributed by atoms with E-state index in [1.54, 1.807) is 26.1 Å². The van der Waals surface area contributed by atoms with Gasteiger partial charge in [-0.2, -0.15) is 0 Å². The Morgan fingerprint density at radius 2 is 1.70 bits per heavy atom. The zero-order valence-corrected chi connectivity index (χ0v) is 13.5. The molecule has 0 spiro atoms. The van der Waals surface area contributed by atoms with Crippen molar-refractivity contribution >= 4 is 11.9 Å². The number of rotatable bonds is 7. The molecule has 0 N–H and O–H groups in total. The molecule has 2 aromatic rings. The van der Waals surface area contributed by atoms with Gasteiger partial charge < -0.3 is 14.0 Å². The molecule has 0 saturated heterocycles. The molecule has 1 aromatic carbocycles. The van der Waals surface area contributed by atoms with E-state index in [1.807, 2.05) is 34.9 Å². The second kappa shape index (κ2) is 8.17. The number of benzene rings is 1. The summed E-state index contributed by atoms with van der Waals surface area (Å²) in [4.78, 5) is 23.9. The highest BCUT2D eigenvalue weighted by Gasteiger charge is 2.20. The summed E-state index contributed by atoms with van der Waals surface area (Å²) in [7, 11) is 0. The average Bonchev–Trinajstić information content (AvgIpc) is 2.91. The normalized spacial score (nSPS) is 10.3. The largest absolute Gasteiger partial charge is 0.466 e. The third-order valence-electron chi connectivity index (χ3n) is 3.39. The summed E-state index contributed by atoms with van der Waals surface area (Å²) in [5, 5.41) is 0. The van der Waals surface area contributed by atoms with E-state index in [4.69, 9.17) is 9.47 Å². The lowest BCUT2D eigenvalue weighted by Gasteiger charge is -2.11. The highest BCUT2D eigenvalue weighted by Crippen LogP contribution is 2.16. The third-order valence-corrected chi connectivity index (χ3v) is 3.39. The first kappa shape index (κ1) is 16.8. The fourth-order valence-electron chi connectivity index (χ4n) is 2.37. The van der Waals surface area contributed by atoms with Crippen LogP contribution >= 0.6 is 0 Å². The van der Waals surface area contributed by atoms with E-state index in [0.29, 0.717) is 31.0 Å². The molecule has 0 aliphatic heterocycles. The zero-order valence-electron chi connectivity index (χ0n) is 13.5. The van der Waals surface area contributed by atoms with Crippen molar-refractivity contribution < 1.29 is 19.1 Å². The van der Waals surface area contributed by atoms with Gasteiger partial charge in [0, 0.05) is 18.4 Å². The fourth-order valence-corrected chi connectivity index (χ4v) is 2.37. The Labute approximate surface area is 135 Å². The van der Waals surface area contributed by atoms with Gasteiger partial charge in [-0.25, -0.2) is 4.79 Å². The highest BCUT2D eigenvalue weighted by atomic mass is 16.5. The van der Waals surface area contributed by atoms with E-state index in [0.717, 1.165) is 5.56 Å². The van der Waals surface area contributed by atoms with Gasteiger partial charge in [0.25, 0.3) is 0 Å². The lowest BCUT2D eigenvalue weighted by Crippen LogP contribution is -2.16. The minimum absolute atomic E-state index is 0.0435. The Bertz CT molecular complexity index is 661. The quantitative estimate of drug-likeness (QED) is 0.737. The first-order chi connectivity index (χ1) is 11.2. The van der Waals surface area contributed by atoms with Crippen LogP contribution in [0.1, 0.15) is 35.5 Å². The van der Waals surface area contributed by atoms with Crippen LogP contribution in [0.2, 0.25) is 0 Å². The summed E-state index contributed by atoms with van der Waals surface area (Å²) in [5.74, 6) is -0.773. The molecule has 0 bridgehead atoms. The number of hydrogen-bond acceptors (Lipinski definition) is 4. The minimum atomic E-state index is -0.418. The van der Waals surface area contributed by atoms with Crippen LogP contribution in [0.5, 0.6) is 0 Å². The second-order valence-corrected chi connectivity index (χ2v) is 4.99. The van der Waals surface area contributed by atoms with E-state index in [-0.39, 0.29) is 12.4 Å². The number of aromatic nitrogens is 1. The van der Waals surface area contributed by atoms with Crippen LogP contribution in [-0.4, -0.2) is 29.7 Å². The van der Waals surface area contributed by atoms with Crippen molar-refractivity contribution in [2.75, 3.05) is 13.2 Å². The van der Waals surface area contributed by atoms with Gasteiger partial charge in [-0.3, -0.25) is 4.79 Å². The monoisotopic (exact) mass is 315 g/mol. The summed E-state index contributed by atoms with van der Waals surface area (Å²) in [6.45, 7) is 4.69. The van der Waals surface area contributed by atoms with Crippen molar-refractivity contribution in [3.05, 3.63) is 59.4 Å². The van der Waals surface area contributed by atoms with E-state index in [1.165, 1.54) is 0 Å². The molecular weight excluding hydrogens is 294 g/mol. The smallest absolute Gasteiger partial charge is 0.339 e. The first-order valence-corrected chi connectivity index (χ1v) is 7.70. The number of ether oxygens (including phenoxy) is 2. The van der Waals surface area contributed by atoms with Crippen molar-refractivity contribution in [1.82, 2.24) is 4.57 Å². The number of hydrogen-bond donors (Lipinski definition) is 0. The predicted molar refractivity (Wildman–Crippen MR) is 86.3 cm³/mol. The third kappa shape index (κ3) is 4.45. The number of esters is 2. The molecule has 0 aliphatic carbocycles. The number of carbonyl (C=O) groups is 2. The van der Waals surface area contributed by atoms with Crippen LogP contribution in [0.4, 0.5) is 0 Å². The Kier molecular flexibility index (Phi) is 5.97. The number of nitrogens with zero attached hydrogens (tertiary/aromatic N) is 1. The molecule has 0 aliphatic rings. The minimum Gasteiger partial charge on any atom is -0.466 e. The maximum atomic E-state index is 12.1. The summed E-state index contributed by atoms with van der Waals surface area (Å²) in [6, 6.07) is 11.5. The lowest BCUT2D eigenvalue weighted by molar-refractivity contribution is -0.142. The maximum absolute atomic E-state index is 12.1. The molecule has 1 heterocycles. The SMILES string of the molecule is CCOC(=O)Cc1c(C(=O)OCC)ccn1Cc1ccccc1. The van der Waals surface area contributed by atoms with Crippen molar-refractivity contribution in [2.24, 2.45) is 0 Å². The molecule has 2 rings (SSSR count). The summed E-state index contributed by atoms with van der Waals surface area (Å²) < 4.78 is 12.0. The topological polar surface area (TPSA) is 57.5 Å². The van der Waals surface area contributed by atoms with Gasteiger partial charge >= 0.3 is 11.9 Å². The van der Waals surface area contributed by atoms with Crippen LogP contribution < -0.4 is 0 Å². The van der Waals surface area contributed by atoms with Gasteiger partial charge in [-0.1, -0.05) is 30.3 Å². The molecule has 0 fully saturated rings. The first-order valence-electron chi connectivity index (χ1n) is 7.70. The standard InChI is InChI=1S/C18H21NO4/c1-3-22-17(20)12-16-15(18(21)23-4-2)10-11-19(16)13-14-8-6-5-7-9-14/h5-11H,3-4,12-13H2,1-2H3. The van der Waals surface area contributed by atoms with E-state index in [2.05, 4.69) is 0 Å². The van der Waals surface area contributed by atoms with E-state index < -0.39 is 5.97 Å². The van der Waals surface area contributed by atoms with Gasteiger partial charge in [0.1, 0.15) is 0 Å². The van der Waals surface area contributed by atoms with Crippen LogP contribution in [0.25, 0.3) is 0 Å². The fraction of sp³-hybridized carbons (Fsp3) is 0.333. The van der Waals surface area contributed by atoms with Gasteiger partial charge in [-0.15, -0.1) is 0 Å². The van der Waals surface area contributed by atoms with Crippen LogP contribution in [0, 0.1) is 0 Å². The van der Waals surface area contributed by atoms with Gasteiger partial charge in [0.05, 0.1) is 25.2 Å². The molecule has 0 amide bonds. The van der Waals surface area contributed by atoms with Gasteiger partial charge in [-0.05, 0) is 25.5 Å². The molecule has 5 nitrogen and oxygen atoms in total. The van der Waals surface area contributed by atoms with Crippen molar-refractivity contribution in [2.45, 2.75) is 26.8 Å². The molecule has 0 radical (unpaired) electrons. The second-order valence-electron chi connectivity index (χ2n) is 4.99. The molecule has 0 atom stereocenters. The predicted octanol–water partition coefficient (Wildman–Crippen LogP) is 2.82. The maximum Gasteiger partial charge on any atom is 0.339 e. The summed E-state index contributed by atoms with van der Waals surface area (Å²) in [5.41, 5.74) is 2.12. The average molecular weight is 315 g/mol. The molecule has 23 heavy (non-hydrogen) atoms. The Morgan fingerprint density at radius 1 is 1.00 bits per heavy atom. The van der Waals surface area contributed by atoms with Crippen molar-refractivity contribution in [1.29, 1.82) is 0 Å². The molecule has 1 aromatic heterocycles. The number of carbonyl (C=O) groups excluding carboxylic acids is 2.